The Balaban J connectivity index is 2.58. The number of hydrogen-bond acceptors (Lipinski definition) is 3. The van der Waals surface area contributed by atoms with Crippen molar-refractivity contribution in [2.45, 2.75) is 19.4 Å². The molecule has 1 N–H and O–H groups in total. The van der Waals surface area contributed by atoms with Crippen molar-refractivity contribution in [2.75, 3.05) is 0 Å². The van der Waals surface area contributed by atoms with Gasteiger partial charge in [-0.2, -0.15) is 5.10 Å². The van der Waals surface area contributed by atoms with Crippen LogP contribution in [0.5, 0.6) is 0 Å². The van der Waals surface area contributed by atoms with Gasteiger partial charge in [0.25, 0.3) is 0 Å². The molecule has 88 valence electrons. The Morgan fingerprint density at radius 3 is 2.71 bits per heavy atom. The van der Waals surface area contributed by atoms with Gasteiger partial charge in [0.05, 0.1) is 11.9 Å². The van der Waals surface area contributed by atoms with Crippen LogP contribution in [0.25, 0.3) is 0 Å². The molecule has 0 spiro atoms. The summed E-state index contributed by atoms with van der Waals surface area (Å²) in [6, 6.07) is 5.20. The van der Waals surface area contributed by atoms with E-state index in [1.165, 1.54) is 4.68 Å². The van der Waals surface area contributed by atoms with Crippen molar-refractivity contribution in [3.05, 3.63) is 48.0 Å². The minimum Gasteiger partial charge on any atom is -0.479 e. The Morgan fingerprint density at radius 1 is 1.47 bits per heavy atom. The van der Waals surface area contributed by atoms with Crippen LogP contribution in [0.4, 0.5) is 0 Å². The van der Waals surface area contributed by atoms with Crippen molar-refractivity contribution in [1.29, 1.82) is 0 Å². The van der Waals surface area contributed by atoms with E-state index >= 15 is 0 Å². The highest BCUT2D eigenvalue weighted by molar-refractivity contribution is 5.79. The molecule has 0 amide bonds. The fourth-order valence-electron chi connectivity index (χ4n) is 1.63. The van der Waals surface area contributed by atoms with Crippen LogP contribution < -0.4 is 0 Å². The minimum absolute atomic E-state index is 0.454. The Bertz CT molecular complexity index is 536. The smallest absolute Gasteiger partial charge is 0.337 e. The topological polar surface area (TPSA) is 68.0 Å². The number of carboxylic acid groups (broad SMARTS) is 1. The molecule has 0 aromatic carbocycles. The molecular formula is C12H13N3O2. The van der Waals surface area contributed by atoms with Crippen molar-refractivity contribution in [3.63, 3.8) is 0 Å². The Morgan fingerprint density at radius 2 is 2.24 bits per heavy atom. The van der Waals surface area contributed by atoms with E-state index in [-0.39, 0.29) is 0 Å². The Labute approximate surface area is 98.7 Å². The molecule has 5 nitrogen and oxygen atoms in total. The molecule has 2 aromatic rings. The highest BCUT2D eigenvalue weighted by Gasteiger charge is 2.39. The van der Waals surface area contributed by atoms with E-state index in [1.807, 2.05) is 6.92 Å². The number of carbonyl (C=O) groups is 1. The van der Waals surface area contributed by atoms with Crippen LogP contribution in [0.1, 0.15) is 18.2 Å². The van der Waals surface area contributed by atoms with Crippen molar-refractivity contribution in [1.82, 2.24) is 14.8 Å². The molecule has 1 atom stereocenters. The largest absolute Gasteiger partial charge is 0.479 e. The van der Waals surface area contributed by atoms with E-state index < -0.39 is 11.5 Å². The van der Waals surface area contributed by atoms with E-state index in [1.54, 1.807) is 43.7 Å². The lowest BCUT2D eigenvalue weighted by molar-refractivity contribution is -0.145. The van der Waals surface area contributed by atoms with Gasteiger partial charge in [-0.05, 0) is 31.5 Å². The predicted molar refractivity (Wildman–Crippen MR) is 61.6 cm³/mol. The third-order valence-electron chi connectivity index (χ3n) is 2.75. The lowest BCUT2D eigenvalue weighted by Crippen LogP contribution is -2.41. The molecular weight excluding hydrogens is 218 g/mol. The van der Waals surface area contributed by atoms with Crippen LogP contribution in [0.3, 0.4) is 0 Å². The van der Waals surface area contributed by atoms with Gasteiger partial charge in [0.1, 0.15) is 0 Å². The maximum atomic E-state index is 11.5. The standard InChI is InChI=1S/C12H13N3O2/c1-9-7-14-15(8-9)12(2,11(16)17)10-5-3-4-6-13-10/h3-8H,1-2H3,(H,16,17). The van der Waals surface area contributed by atoms with Gasteiger partial charge >= 0.3 is 5.97 Å². The van der Waals surface area contributed by atoms with Crippen LogP contribution in [-0.2, 0) is 10.3 Å². The van der Waals surface area contributed by atoms with Gasteiger partial charge in [0.15, 0.2) is 5.54 Å². The first kappa shape index (κ1) is 11.3. The molecule has 2 rings (SSSR count). The summed E-state index contributed by atoms with van der Waals surface area (Å²) in [7, 11) is 0. The molecule has 2 aromatic heterocycles. The maximum Gasteiger partial charge on any atom is 0.337 e. The molecule has 0 aliphatic carbocycles. The summed E-state index contributed by atoms with van der Waals surface area (Å²) in [5.74, 6) is -0.987. The van der Waals surface area contributed by atoms with Gasteiger partial charge in [-0.15, -0.1) is 0 Å². The van der Waals surface area contributed by atoms with Crippen LogP contribution in [-0.4, -0.2) is 25.8 Å². The summed E-state index contributed by atoms with van der Waals surface area (Å²) in [4.78, 5) is 15.6. The average molecular weight is 231 g/mol. The average Bonchev–Trinajstić information content (AvgIpc) is 2.76. The highest BCUT2D eigenvalue weighted by Crippen LogP contribution is 2.24. The second-order valence-corrected chi connectivity index (χ2v) is 4.05. The van der Waals surface area contributed by atoms with E-state index in [0.717, 1.165) is 5.56 Å². The van der Waals surface area contributed by atoms with Gasteiger partial charge in [0.2, 0.25) is 0 Å². The summed E-state index contributed by atoms with van der Waals surface area (Å²) in [5.41, 5.74) is 0.0826. The van der Waals surface area contributed by atoms with Gasteiger partial charge in [0, 0.05) is 12.4 Å². The summed E-state index contributed by atoms with van der Waals surface area (Å²) in [5, 5.41) is 13.5. The quantitative estimate of drug-likeness (QED) is 0.867. The van der Waals surface area contributed by atoms with E-state index in [4.69, 9.17) is 0 Å². The van der Waals surface area contributed by atoms with Crippen LogP contribution in [0, 0.1) is 6.92 Å². The summed E-state index contributed by atoms with van der Waals surface area (Å²) < 4.78 is 1.42. The Kier molecular flexibility index (Phi) is 2.67. The first-order valence-corrected chi connectivity index (χ1v) is 5.22. The summed E-state index contributed by atoms with van der Waals surface area (Å²) >= 11 is 0. The number of aromatic nitrogens is 3. The SMILES string of the molecule is Cc1cnn(C(C)(C(=O)O)c2ccccn2)c1. The van der Waals surface area contributed by atoms with Crippen molar-refractivity contribution in [3.8, 4) is 0 Å². The third-order valence-corrected chi connectivity index (χ3v) is 2.75. The molecule has 2 heterocycles. The summed E-state index contributed by atoms with van der Waals surface area (Å²) in [6.07, 6.45) is 4.90. The molecule has 1 unspecified atom stereocenters. The number of aliphatic carboxylic acids is 1. The molecule has 0 aliphatic heterocycles. The van der Waals surface area contributed by atoms with Crippen LogP contribution in [0.15, 0.2) is 36.8 Å². The fraction of sp³-hybridized carbons (Fsp3) is 0.250. The lowest BCUT2D eigenvalue weighted by Gasteiger charge is -2.24. The number of rotatable bonds is 3. The predicted octanol–water partition coefficient (Wildman–Crippen LogP) is 1.43. The van der Waals surface area contributed by atoms with Crippen molar-refractivity contribution >= 4 is 5.97 Å². The number of hydrogen-bond donors (Lipinski definition) is 1. The molecule has 0 aliphatic rings. The van der Waals surface area contributed by atoms with Crippen molar-refractivity contribution in [2.24, 2.45) is 0 Å². The zero-order valence-electron chi connectivity index (χ0n) is 9.66. The number of carboxylic acids is 1. The highest BCUT2D eigenvalue weighted by atomic mass is 16.4. The van der Waals surface area contributed by atoms with E-state index in [2.05, 4.69) is 10.1 Å². The second kappa shape index (κ2) is 4.01. The van der Waals surface area contributed by atoms with Crippen LogP contribution in [0.2, 0.25) is 0 Å². The van der Waals surface area contributed by atoms with E-state index in [0.29, 0.717) is 5.69 Å². The number of aryl methyl sites for hydroxylation is 1. The zero-order valence-corrected chi connectivity index (χ0v) is 9.66. The Hall–Kier alpha value is -2.17. The normalized spacial score (nSPS) is 14.2. The van der Waals surface area contributed by atoms with Gasteiger partial charge in [-0.3, -0.25) is 4.98 Å². The first-order chi connectivity index (χ1) is 8.05. The monoisotopic (exact) mass is 231 g/mol. The second-order valence-electron chi connectivity index (χ2n) is 4.05. The first-order valence-electron chi connectivity index (χ1n) is 5.22. The number of pyridine rings is 1. The lowest BCUT2D eigenvalue weighted by atomic mass is 9.97. The molecule has 0 radical (unpaired) electrons. The zero-order chi connectivity index (χ0) is 12.5. The van der Waals surface area contributed by atoms with E-state index in [9.17, 15) is 9.90 Å². The third kappa shape index (κ3) is 1.80. The number of nitrogens with zero attached hydrogens (tertiary/aromatic N) is 3. The maximum absolute atomic E-state index is 11.5. The molecule has 0 saturated heterocycles. The molecule has 0 saturated carbocycles. The molecule has 5 heteroatoms. The van der Waals surface area contributed by atoms with Crippen molar-refractivity contribution < 1.29 is 9.90 Å². The van der Waals surface area contributed by atoms with Gasteiger partial charge in [-0.1, -0.05) is 6.07 Å². The van der Waals surface area contributed by atoms with Gasteiger partial charge < -0.3 is 5.11 Å². The fourth-order valence-corrected chi connectivity index (χ4v) is 1.63. The molecule has 0 fully saturated rings. The molecule has 17 heavy (non-hydrogen) atoms. The van der Waals surface area contributed by atoms with Gasteiger partial charge in [-0.25, -0.2) is 9.48 Å². The van der Waals surface area contributed by atoms with Crippen LogP contribution >= 0.6 is 0 Å². The minimum atomic E-state index is -1.28. The summed E-state index contributed by atoms with van der Waals surface area (Å²) in [6.45, 7) is 3.45. The molecule has 0 bridgehead atoms.